The Kier molecular flexibility index (Phi) is 5.94. The van der Waals surface area contributed by atoms with Crippen LogP contribution in [0.3, 0.4) is 0 Å². The number of carbonyl (C=O) groups is 2. The lowest BCUT2D eigenvalue weighted by molar-refractivity contribution is -0.126. The van der Waals surface area contributed by atoms with Crippen LogP contribution in [-0.4, -0.2) is 22.8 Å². The zero-order valence-electron chi connectivity index (χ0n) is 17.1. The van der Waals surface area contributed by atoms with Gasteiger partial charge in [-0.15, -0.1) is 0 Å². The second-order valence-electron chi connectivity index (χ2n) is 7.78. The summed E-state index contributed by atoms with van der Waals surface area (Å²) in [5, 5.41) is 3.03. The number of hydrogen-bond donors (Lipinski definition) is 1. The molecule has 4 nitrogen and oxygen atoms in total. The standard InChI is InChI=1S/C26H26N2O2/c1-19(16-17-20-10-4-2-5-11-20)28-24(22-14-8-9-15-23(22)26(28)30)25(29)27-18-21-12-6-3-7-13-21/h2-15,19,24H,16-18H2,1H3,(H,27,29). The van der Waals surface area contributed by atoms with E-state index in [2.05, 4.69) is 17.4 Å². The van der Waals surface area contributed by atoms with Crippen molar-refractivity contribution < 1.29 is 9.59 Å². The molecule has 0 aliphatic carbocycles. The Balaban J connectivity index is 1.53. The van der Waals surface area contributed by atoms with Gasteiger partial charge in [0.25, 0.3) is 5.91 Å². The van der Waals surface area contributed by atoms with Crippen LogP contribution in [0.15, 0.2) is 84.9 Å². The normalized spacial score (nSPS) is 16.2. The minimum absolute atomic E-state index is 0.0578. The first-order valence-electron chi connectivity index (χ1n) is 10.4. The van der Waals surface area contributed by atoms with Crippen molar-refractivity contribution in [3.63, 3.8) is 0 Å². The van der Waals surface area contributed by atoms with E-state index in [4.69, 9.17) is 0 Å². The highest BCUT2D eigenvalue weighted by molar-refractivity contribution is 6.04. The van der Waals surface area contributed by atoms with Gasteiger partial charge in [-0.25, -0.2) is 0 Å². The fourth-order valence-electron chi connectivity index (χ4n) is 4.10. The molecule has 1 aliphatic rings. The maximum absolute atomic E-state index is 13.2. The Labute approximate surface area is 177 Å². The summed E-state index contributed by atoms with van der Waals surface area (Å²) in [7, 11) is 0. The van der Waals surface area contributed by atoms with Gasteiger partial charge < -0.3 is 10.2 Å². The van der Waals surface area contributed by atoms with Gasteiger partial charge >= 0.3 is 0 Å². The molecular formula is C26H26N2O2. The predicted molar refractivity (Wildman–Crippen MR) is 118 cm³/mol. The highest BCUT2D eigenvalue weighted by atomic mass is 16.2. The van der Waals surface area contributed by atoms with Crippen LogP contribution < -0.4 is 5.32 Å². The van der Waals surface area contributed by atoms with Gasteiger partial charge in [-0.1, -0.05) is 78.9 Å². The summed E-state index contributed by atoms with van der Waals surface area (Å²) in [4.78, 5) is 28.2. The highest BCUT2D eigenvalue weighted by Gasteiger charge is 2.42. The second-order valence-corrected chi connectivity index (χ2v) is 7.78. The number of aryl methyl sites for hydroxylation is 1. The molecule has 0 aromatic heterocycles. The van der Waals surface area contributed by atoms with Gasteiger partial charge in [0.1, 0.15) is 6.04 Å². The number of amides is 2. The third-order valence-corrected chi connectivity index (χ3v) is 5.72. The SMILES string of the molecule is CC(CCc1ccccc1)N1C(=O)c2ccccc2C1C(=O)NCc1ccccc1. The average Bonchev–Trinajstić information content (AvgIpc) is 3.10. The topological polar surface area (TPSA) is 49.4 Å². The average molecular weight is 399 g/mol. The molecule has 0 saturated heterocycles. The molecule has 2 amide bonds. The number of nitrogens with zero attached hydrogens (tertiary/aromatic N) is 1. The van der Waals surface area contributed by atoms with E-state index in [1.54, 1.807) is 4.90 Å². The molecule has 152 valence electrons. The molecule has 2 atom stereocenters. The number of fused-ring (bicyclic) bond motifs is 1. The maximum atomic E-state index is 13.2. The van der Waals surface area contributed by atoms with Gasteiger partial charge in [0.15, 0.2) is 0 Å². The van der Waals surface area contributed by atoms with Gasteiger partial charge in [0.2, 0.25) is 5.91 Å². The first-order valence-corrected chi connectivity index (χ1v) is 10.4. The molecule has 0 spiro atoms. The molecule has 4 rings (SSSR count). The monoisotopic (exact) mass is 398 g/mol. The van der Waals surface area contributed by atoms with Crippen LogP contribution in [0.25, 0.3) is 0 Å². The Morgan fingerprint density at radius 1 is 0.900 bits per heavy atom. The van der Waals surface area contributed by atoms with Crippen molar-refractivity contribution >= 4 is 11.8 Å². The Morgan fingerprint density at radius 3 is 2.20 bits per heavy atom. The van der Waals surface area contributed by atoms with Crippen LogP contribution in [0.5, 0.6) is 0 Å². The van der Waals surface area contributed by atoms with Gasteiger partial charge in [0, 0.05) is 18.2 Å². The molecule has 2 unspecified atom stereocenters. The van der Waals surface area contributed by atoms with E-state index in [-0.39, 0.29) is 17.9 Å². The van der Waals surface area contributed by atoms with Crippen LogP contribution in [-0.2, 0) is 17.8 Å². The van der Waals surface area contributed by atoms with Gasteiger partial charge in [0.05, 0.1) is 0 Å². The molecular weight excluding hydrogens is 372 g/mol. The van der Waals surface area contributed by atoms with Crippen molar-refractivity contribution in [3.05, 3.63) is 107 Å². The lowest BCUT2D eigenvalue weighted by atomic mass is 10.0. The molecule has 3 aromatic carbocycles. The summed E-state index contributed by atoms with van der Waals surface area (Å²) >= 11 is 0. The van der Waals surface area contributed by atoms with E-state index < -0.39 is 6.04 Å². The smallest absolute Gasteiger partial charge is 0.255 e. The van der Waals surface area contributed by atoms with E-state index in [1.807, 2.05) is 79.7 Å². The zero-order valence-corrected chi connectivity index (χ0v) is 17.1. The maximum Gasteiger partial charge on any atom is 0.255 e. The predicted octanol–water partition coefficient (Wildman–Crippen LogP) is 4.52. The van der Waals surface area contributed by atoms with E-state index in [0.29, 0.717) is 12.1 Å². The lowest BCUT2D eigenvalue weighted by Gasteiger charge is -2.30. The molecule has 3 aromatic rings. The molecule has 0 bridgehead atoms. The third-order valence-electron chi connectivity index (χ3n) is 5.72. The van der Waals surface area contributed by atoms with Gasteiger partial charge in [-0.2, -0.15) is 0 Å². The summed E-state index contributed by atoms with van der Waals surface area (Å²) in [6.45, 7) is 2.48. The molecule has 0 fully saturated rings. The number of nitrogens with one attached hydrogen (secondary N) is 1. The Hall–Kier alpha value is -3.40. The third kappa shape index (κ3) is 4.13. The fraction of sp³-hybridized carbons (Fsp3) is 0.231. The Morgan fingerprint density at radius 2 is 1.50 bits per heavy atom. The van der Waals surface area contributed by atoms with Crippen LogP contribution >= 0.6 is 0 Å². The van der Waals surface area contributed by atoms with Gasteiger partial charge in [-0.3, -0.25) is 9.59 Å². The van der Waals surface area contributed by atoms with Crippen molar-refractivity contribution in [2.75, 3.05) is 0 Å². The molecule has 0 saturated carbocycles. The molecule has 1 heterocycles. The number of rotatable bonds is 7. The van der Waals surface area contributed by atoms with Crippen molar-refractivity contribution in [2.24, 2.45) is 0 Å². The van der Waals surface area contributed by atoms with Crippen molar-refractivity contribution in [1.82, 2.24) is 10.2 Å². The molecule has 1 N–H and O–H groups in total. The second kappa shape index (κ2) is 8.95. The number of hydrogen-bond acceptors (Lipinski definition) is 2. The van der Waals surface area contributed by atoms with E-state index in [9.17, 15) is 9.59 Å². The van der Waals surface area contributed by atoms with Crippen LogP contribution in [0.4, 0.5) is 0 Å². The summed E-state index contributed by atoms with van der Waals surface area (Å²) < 4.78 is 0. The summed E-state index contributed by atoms with van der Waals surface area (Å²) in [6, 6.07) is 26.9. The summed E-state index contributed by atoms with van der Waals surface area (Å²) in [5.74, 6) is -0.199. The minimum Gasteiger partial charge on any atom is -0.350 e. The van der Waals surface area contributed by atoms with Crippen molar-refractivity contribution in [1.29, 1.82) is 0 Å². The molecule has 4 heteroatoms. The lowest BCUT2D eigenvalue weighted by Crippen LogP contribution is -2.43. The van der Waals surface area contributed by atoms with Crippen molar-refractivity contribution in [2.45, 2.75) is 38.4 Å². The Bertz CT molecular complexity index is 1020. The first kappa shape index (κ1) is 19.9. The summed E-state index contributed by atoms with van der Waals surface area (Å²) in [6.07, 6.45) is 1.66. The van der Waals surface area contributed by atoms with Crippen molar-refractivity contribution in [3.8, 4) is 0 Å². The van der Waals surface area contributed by atoms with Crippen LogP contribution in [0, 0.1) is 0 Å². The van der Waals surface area contributed by atoms with E-state index >= 15 is 0 Å². The highest BCUT2D eigenvalue weighted by Crippen LogP contribution is 2.36. The summed E-state index contributed by atoms with van der Waals surface area (Å²) in [5.41, 5.74) is 3.69. The van der Waals surface area contributed by atoms with Crippen LogP contribution in [0.1, 0.15) is 46.4 Å². The first-order chi connectivity index (χ1) is 14.6. The molecule has 1 aliphatic heterocycles. The quantitative estimate of drug-likeness (QED) is 0.636. The zero-order chi connectivity index (χ0) is 20.9. The van der Waals surface area contributed by atoms with Gasteiger partial charge in [-0.05, 0) is 42.5 Å². The molecule has 0 radical (unpaired) electrons. The van der Waals surface area contributed by atoms with E-state index in [0.717, 1.165) is 24.0 Å². The molecule has 30 heavy (non-hydrogen) atoms. The number of carbonyl (C=O) groups excluding carboxylic acids is 2. The van der Waals surface area contributed by atoms with E-state index in [1.165, 1.54) is 5.56 Å². The largest absolute Gasteiger partial charge is 0.350 e. The van der Waals surface area contributed by atoms with Crippen LogP contribution in [0.2, 0.25) is 0 Å². The minimum atomic E-state index is -0.594. The fourth-order valence-corrected chi connectivity index (χ4v) is 4.10. The number of benzene rings is 3.